The lowest BCUT2D eigenvalue weighted by Gasteiger charge is -2.08. The van der Waals surface area contributed by atoms with Crippen molar-refractivity contribution in [1.82, 2.24) is 14.5 Å². The van der Waals surface area contributed by atoms with Crippen molar-refractivity contribution in [2.24, 2.45) is 0 Å². The summed E-state index contributed by atoms with van der Waals surface area (Å²) < 4.78 is 12.3. The Hall–Kier alpha value is -3.06. The van der Waals surface area contributed by atoms with Crippen molar-refractivity contribution in [2.75, 3.05) is 12.1 Å². The highest BCUT2D eigenvalue weighted by atomic mass is 35.5. The molecule has 0 aliphatic carbocycles. The van der Waals surface area contributed by atoms with Gasteiger partial charge in [0, 0.05) is 18.0 Å². The Labute approximate surface area is 141 Å². The van der Waals surface area contributed by atoms with Crippen molar-refractivity contribution >= 4 is 23.2 Å². The van der Waals surface area contributed by atoms with E-state index in [4.69, 9.17) is 21.1 Å². The fourth-order valence-corrected chi connectivity index (χ4v) is 2.57. The van der Waals surface area contributed by atoms with Crippen molar-refractivity contribution in [3.8, 4) is 17.3 Å². The number of nitrogens with zero attached hydrogens (tertiary/aromatic N) is 3. The summed E-state index contributed by atoms with van der Waals surface area (Å²) in [4.78, 5) is 20.6. The molecule has 24 heavy (non-hydrogen) atoms. The van der Waals surface area contributed by atoms with Gasteiger partial charge in [-0.15, -0.1) is 0 Å². The summed E-state index contributed by atoms with van der Waals surface area (Å²) >= 11 is 6.09. The average Bonchev–Trinajstić information content (AvgIpc) is 3.27. The van der Waals surface area contributed by atoms with Crippen molar-refractivity contribution in [1.29, 1.82) is 0 Å². The van der Waals surface area contributed by atoms with E-state index in [2.05, 4.69) is 15.3 Å². The van der Waals surface area contributed by atoms with Crippen LogP contribution in [-0.4, -0.2) is 27.2 Å². The molecule has 1 aliphatic rings. The minimum absolute atomic E-state index is 0.0970. The minimum Gasteiger partial charge on any atom is -0.454 e. The topological polar surface area (TPSA) is 78.3 Å². The Morgan fingerprint density at radius 3 is 2.96 bits per heavy atom. The molecule has 120 valence electrons. The van der Waals surface area contributed by atoms with E-state index in [9.17, 15) is 4.79 Å². The second kappa shape index (κ2) is 5.86. The van der Waals surface area contributed by atoms with Crippen LogP contribution in [-0.2, 0) is 0 Å². The third-order valence-electron chi connectivity index (χ3n) is 3.46. The highest BCUT2D eigenvalue weighted by molar-refractivity contribution is 6.32. The monoisotopic (exact) mass is 342 g/mol. The molecule has 1 aliphatic heterocycles. The number of amides is 1. The Morgan fingerprint density at radius 1 is 1.29 bits per heavy atom. The highest BCUT2D eigenvalue weighted by Gasteiger charge is 2.20. The van der Waals surface area contributed by atoms with Crippen LogP contribution in [0.1, 0.15) is 10.4 Å². The second-order valence-electron chi connectivity index (χ2n) is 5.02. The van der Waals surface area contributed by atoms with Crippen LogP contribution in [0.25, 0.3) is 5.82 Å². The second-order valence-corrected chi connectivity index (χ2v) is 5.43. The molecule has 0 bridgehead atoms. The molecule has 0 fully saturated rings. The Kier molecular flexibility index (Phi) is 3.55. The Balaban J connectivity index is 1.53. The number of anilines is 1. The molecule has 1 amide bonds. The number of fused-ring (bicyclic) bond motifs is 1. The predicted molar refractivity (Wildman–Crippen MR) is 86.9 cm³/mol. The third-order valence-corrected chi connectivity index (χ3v) is 3.74. The van der Waals surface area contributed by atoms with Gasteiger partial charge in [-0.1, -0.05) is 11.6 Å². The van der Waals surface area contributed by atoms with Crippen LogP contribution in [0.2, 0.25) is 5.02 Å². The molecule has 2 aromatic heterocycles. The number of aromatic nitrogens is 3. The first-order valence-corrected chi connectivity index (χ1v) is 7.43. The number of carbonyl (C=O) groups is 1. The van der Waals surface area contributed by atoms with Gasteiger partial charge >= 0.3 is 0 Å². The number of nitrogens with one attached hydrogen (secondary N) is 1. The maximum atomic E-state index is 12.4. The summed E-state index contributed by atoms with van der Waals surface area (Å²) in [6, 6.07) is 6.67. The molecule has 0 saturated carbocycles. The molecule has 8 heteroatoms. The summed E-state index contributed by atoms with van der Waals surface area (Å²) in [6.07, 6.45) is 6.67. The van der Waals surface area contributed by atoms with E-state index in [-0.39, 0.29) is 12.7 Å². The maximum absolute atomic E-state index is 12.4. The molecule has 4 rings (SSSR count). The third kappa shape index (κ3) is 2.65. The summed E-state index contributed by atoms with van der Waals surface area (Å²) in [6.45, 7) is 0.0970. The molecular weight excluding hydrogens is 332 g/mol. The van der Waals surface area contributed by atoms with E-state index in [0.717, 1.165) is 0 Å². The summed E-state index contributed by atoms with van der Waals surface area (Å²) in [5.41, 5.74) is 0.945. The lowest BCUT2D eigenvalue weighted by atomic mass is 10.2. The van der Waals surface area contributed by atoms with E-state index in [0.29, 0.717) is 33.6 Å². The maximum Gasteiger partial charge on any atom is 0.255 e. The van der Waals surface area contributed by atoms with Gasteiger partial charge in [-0.05, 0) is 24.3 Å². The predicted octanol–water partition coefficient (Wildman–Crippen LogP) is 2.90. The van der Waals surface area contributed by atoms with E-state index in [1.54, 1.807) is 47.7 Å². The zero-order valence-corrected chi connectivity index (χ0v) is 13.0. The number of carbonyl (C=O) groups excluding carboxylic acids is 1. The number of ether oxygens (including phenoxy) is 2. The fraction of sp³-hybridized carbons (Fsp3) is 0.0625. The molecule has 3 heterocycles. The molecule has 1 N–H and O–H groups in total. The van der Waals surface area contributed by atoms with Crippen molar-refractivity contribution < 1.29 is 14.3 Å². The summed E-state index contributed by atoms with van der Waals surface area (Å²) in [7, 11) is 0. The van der Waals surface area contributed by atoms with Crippen LogP contribution in [0.5, 0.6) is 11.5 Å². The standard InChI is InChI=1S/C16H11ClN4O3/c17-12-5-10(6-13-15(12)24-9-23-13)16(22)20-11-1-2-14(19-7-11)21-4-3-18-8-21/h1-8H,9H2,(H,20,22). The van der Waals surface area contributed by atoms with E-state index in [1.165, 1.54) is 6.07 Å². The van der Waals surface area contributed by atoms with E-state index in [1.807, 2.05) is 0 Å². The number of halogens is 1. The smallest absolute Gasteiger partial charge is 0.255 e. The highest BCUT2D eigenvalue weighted by Crippen LogP contribution is 2.39. The zero-order valence-electron chi connectivity index (χ0n) is 12.3. The minimum atomic E-state index is -0.313. The quantitative estimate of drug-likeness (QED) is 0.791. The number of imidazole rings is 1. The van der Waals surface area contributed by atoms with Crippen LogP contribution in [0.3, 0.4) is 0 Å². The molecule has 0 unspecified atom stereocenters. The van der Waals surface area contributed by atoms with Crippen molar-refractivity contribution in [2.45, 2.75) is 0 Å². The normalized spacial score (nSPS) is 12.2. The van der Waals surface area contributed by atoms with Crippen molar-refractivity contribution in [3.05, 3.63) is 59.8 Å². The number of pyridine rings is 1. The molecule has 0 atom stereocenters. The largest absolute Gasteiger partial charge is 0.454 e. The van der Waals surface area contributed by atoms with Gasteiger partial charge in [0.15, 0.2) is 11.5 Å². The summed E-state index contributed by atoms with van der Waals surface area (Å²) in [5, 5.41) is 3.10. The SMILES string of the molecule is O=C(Nc1ccc(-n2ccnc2)nc1)c1cc(Cl)c2c(c1)OCO2. The van der Waals surface area contributed by atoms with Gasteiger partial charge < -0.3 is 14.8 Å². The molecule has 3 aromatic rings. The number of hydrogen-bond acceptors (Lipinski definition) is 5. The molecule has 1 aromatic carbocycles. The summed E-state index contributed by atoms with van der Waals surface area (Å²) in [5.74, 6) is 1.31. The van der Waals surface area contributed by atoms with Gasteiger partial charge in [0.25, 0.3) is 5.91 Å². The molecule has 0 radical (unpaired) electrons. The van der Waals surface area contributed by atoms with Gasteiger partial charge in [0.05, 0.1) is 16.9 Å². The Bertz CT molecular complexity index is 894. The van der Waals surface area contributed by atoms with Gasteiger partial charge in [-0.3, -0.25) is 9.36 Å². The van der Waals surface area contributed by atoms with Gasteiger partial charge in [-0.2, -0.15) is 0 Å². The number of benzene rings is 1. The number of hydrogen-bond donors (Lipinski definition) is 1. The zero-order chi connectivity index (χ0) is 16.5. The van der Waals surface area contributed by atoms with E-state index >= 15 is 0 Å². The van der Waals surface area contributed by atoms with Gasteiger partial charge in [-0.25, -0.2) is 9.97 Å². The van der Waals surface area contributed by atoms with Crippen molar-refractivity contribution in [3.63, 3.8) is 0 Å². The van der Waals surface area contributed by atoms with Gasteiger partial charge in [0.2, 0.25) is 6.79 Å². The first-order chi connectivity index (χ1) is 11.7. The van der Waals surface area contributed by atoms with Crippen LogP contribution in [0, 0.1) is 0 Å². The van der Waals surface area contributed by atoms with Crippen LogP contribution in [0.4, 0.5) is 5.69 Å². The molecule has 0 saturated heterocycles. The lowest BCUT2D eigenvalue weighted by Crippen LogP contribution is -2.12. The molecular formula is C16H11ClN4O3. The molecule has 7 nitrogen and oxygen atoms in total. The average molecular weight is 343 g/mol. The van der Waals surface area contributed by atoms with Crippen LogP contribution >= 0.6 is 11.6 Å². The molecule has 0 spiro atoms. The van der Waals surface area contributed by atoms with E-state index < -0.39 is 0 Å². The van der Waals surface area contributed by atoms with Crippen LogP contribution in [0.15, 0.2) is 49.2 Å². The first kappa shape index (κ1) is 14.5. The van der Waals surface area contributed by atoms with Gasteiger partial charge in [0.1, 0.15) is 12.1 Å². The van der Waals surface area contributed by atoms with Crippen LogP contribution < -0.4 is 14.8 Å². The Morgan fingerprint density at radius 2 is 2.21 bits per heavy atom. The number of rotatable bonds is 3. The first-order valence-electron chi connectivity index (χ1n) is 7.05. The lowest BCUT2D eigenvalue weighted by molar-refractivity contribution is 0.102. The fourth-order valence-electron chi connectivity index (χ4n) is 2.31.